The Bertz CT molecular complexity index is 287. The maximum absolute atomic E-state index is 11.8. The van der Waals surface area contributed by atoms with Crippen molar-refractivity contribution >= 4 is 22.8 Å². The summed E-state index contributed by atoms with van der Waals surface area (Å²) in [7, 11) is 0. The molecule has 0 aromatic rings. The van der Waals surface area contributed by atoms with Gasteiger partial charge < -0.3 is 4.90 Å². The largest absolute Gasteiger partial charge is 0.339 e. The van der Waals surface area contributed by atoms with Gasteiger partial charge >= 0.3 is 0 Å². The highest BCUT2D eigenvalue weighted by atomic mass is 32.2. The summed E-state index contributed by atoms with van der Waals surface area (Å²) in [5.74, 6) is 1.51. The van der Waals surface area contributed by atoms with E-state index in [0.29, 0.717) is 24.3 Å². The second-order valence-corrected chi connectivity index (χ2v) is 6.05. The van der Waals surface area contributed by atoms with Gasteiger partial charge in [-0.1, -0.05) is 24.6 Å². The topological polar surface area (TPSA) is 37.4 Å². The molecule has 1 amide bonds. The minimum Gasteiger partial charge on any atom is -0.339 e. The second kappa shape index (κ2) is 5.21. The van der Waals surface area contributed by atoms with Crippen LogP contribution in [0.3, 0.4) is 0 Å². The number of thioether (sulfide) groups is 1. The predicted molar refractivity (Wildman–Crippen MR) is 65.2 cm³/mol. The summed E-state index contributed by atoms with van der Waals surface area (Å²) in [6, 6.07) is 0.500. The Balaban J connectivity index is 1.83. The van der Waals surface area contributed by atoms with E-state index >= 15 is 0 Å². The van der Waals surface area contributed by atoms with Gasteiger partial charge in [-0.25, -0.2) is 0 Å². The molecule has 2 rings (SSSR count). The lowest BCUT2D eigenvalue weighted by atomic mass is 10.1. The molecule has 4 heteroatoms. The highest BCUT2D eigenvalue weighted by Crippen LogP contribution is 2.30. The summed E-state index contributed by atoms with van der Waals surface area (Å²) < 4.78 is 0. The molecular formula is C12H19NO2S. The van der Waals surface area contributed by atoms with Gasteiger partial charge in [-0.05, 0) is 18.8 Å². The summed E-state index contributed by atoms with van der Waals surface area (Å²) in [4.78, 5) is 24.8. The lowest BCUT2D eigenvalue weighted by Crippen LogP contribution is -2.34. The van der Waals surface area contributed by atoms with Gasteiger partial charge in [-0.3, -0.25) is 9.59 Å². The van der Waals surface area contributed by atoms with E-state index in [0.717, 1.165) is 12.3 Å². The molecule has 1 atom stereocenters. The zero-order valence-electron chi connectivity index (χ0n) is 9.78. The molecule has 1 saturated carbocycles. The average molecular weight is 241 g/mol. The average Bonchev–Trinajstić information content (AvgIpc) is 2.83. The van der Waals surface area contributed by atoms with Gasteiger partial charge in [0.15, 0.2) is 5.12 Å². The molecule has 1 heterocycles. The van der Waals surface area contributed by atoms with E-state index in [1.54, 1.807) is 6.92 Å². The van der Waals surface area contributed by atoms with Crippen molar-refractivity contribution in [1.29, 1.82) is 0 Å². The second-order valence-electron chi connectivity index (χ2n) is 4.86. The van der Waals surface area contributed by atoms with E-state index < -0.39 is 0 Å². The summed E-state index contributed by atoms with van der Waals surface area (Å²) in [5.41, 5.74) is 0. The SMILES string of the molecule is CC(=O)SCC1CC(=O)N(C2CCCC2)C1. The quantitative estimate of drug-likeness (QED) is 0.759. The highest BCUT2D eigenvalue weighted by molar-refractivity contribution is 8.13. The minimum absolute atomic E-state index is 0.159. The van der Waals surface area contributed by atoms with Crippen molar-refractivity contribution in [1.82, 2.24) is 4.90 Å². The van der Waals surface area contributed by atoms with Crippen LogP contribution in [0.1, 0.15) is 39.0 Å². The minimum atomic E-state index is 0.159. The zero-order chi connectivity index (χ0) is 11.5. The van der Waals surface area contributed by atoms with Crippen LogP contribution in [0.15, 0.2) is 0 Å². The molecular weight excluding hydrogens is 222 g/mol. The van der Waals surface area contributed by atoms with Gasteiger partial charge in [-0.15, -0.1) is 0 Å². The Morgan fingerprint density at radius 3 is 2.75 bits per heavy atom. The molecule has 90 valence electrons. The fourth-order valence-electron chi connectivity index (χ4n) is 2.72. The standard InChI is InChI=1S/C12H19NO2S/c1-9(14)16-8-10-6-12(15)13(7-10)11-4-2-3-5-11/h10-11H,2-8H2,1H3. The lowest BCUT2D eigenvalue weighted by molar-refractivity contribution is -0.129. The number of carbonyl (C=O) groups excluding carboxylic acids is 2. The van der Waals surface area contributed by atoms with Crippen LogP contribution in [0, 0.1) is 5.92 Å². The molecule has 0 radical (unpaired) electrons. The summed E-state index contributed by atoms with van der Waals surface area (Å²) in [6.45, 7) is 2.47. The Labute approximate surface area is 101 Å². The molecule has 2 aliphatic rings. The molecule has 1 aliphatic heterocycles. The number of carbonyl (C=O) groups is 2. The first-order valence-electron chi connectivity index (χ1n) is 6.09. The monoisotopic (exact) mass is 241 g/mol. The Kier molecular flexibility index (Phi) is 3.90. The van der Waals surface area contributed by atoms with Crippen molar-refractivity contribution in [2.45, 2.75) is 45.1 Å². The highest BCUT2D eigenvalue weighted by Gasteiger charge is 2.35. The van der Waals surface area contributed by atoms with Gasteiger partial charge in [0.2, 0.25) is 5.91 Å². The molecule has 0 aromatic heterocycles. The van der Waals surface area contributed by atoms with Gasteiger partial charge in [0.05, 0.1) is 0 Å². The van der Waals surface area contributed by atoms with Crippen molar-refractivity contribution in [2.75, 3.05) is 12.3 Å². The molecule has 0 N–H and O–H groups in total. The third-order valence-electron chi connectivity index (χ3n) is 3.53. The number of likely N-dealkylation sites (tertiary alicyclic amines) is 1. The molecule has 1 unspecified atom stereocenters. The van der Waals surface area contributed by atoms with Crippen LogP contribution in [-0.2, 0) is 9.59 Å². The fourth-order valence-corrected chi connectivity index (χ4v) is 3.42. The molecule has 2 fully saturated rings. The van der Waals surface area contributed by atoms with Crippen LogP contribution < -0.4 is 0 Å². The fraction of sp³-hybridized carbons (Fsp3) is 0.833. The first kappa shape index (κ1) is 12.0. The van der Waals surface area contributed by atoms with Crippen LogP contribution >= 0.6 is 11.8 Å². The predicted octanol–water partition coefficient (Wildman–Crippen LogP) is 2.06. The lowest BCUT2D eigenvalue weighted by Gasteiger charge is -2.23. The summed E-state index contributed by atoms with van der Waals surface area (Å²) in [5, 5.41) is 0.159. The molecule has 0 bridgehead atoms. The van der Waals surface area contributed by atoms with Crippen LogP contribution in [0.2, 0.25) is 0 Å². The van der Waals surface area contributed by atoms with E-state index in [9.17, 15) is 9.59 Å². The third-order valence-corrected chi connectivity index (χ3v) is 4.57. The Hall–Kier alpha value is -0.510. The molecule has 1 aliphatic carbocycles. The number of amides is 1. The van der Waals surface area contributed by atoms with Crippen LogP contribution in [0.4, 0.5) is 0 Å². The van der Waals surface area contributed by atoms with E-state index in [1.165, 1.54) is 37.4 Å². The Morgan fingerprint density at radius 2 is 2.12 bits per heavy atom. The summed E-state index contributed by atoms with van der Waals surface area (Å²) in [6.07, 6.45) is 5.54. The molecule has 3 nitrogen and oxygen atoms in total. The van der Waals surface area contributed by atoms with Crippen LogP contribution in [0.5, 0.6) is 0 Å². The van der Waals surface area contributed by atoms with E-state index in [2.05, 4.69) is 4.90 Å². The van der Waals surface area contributed by atoms with Gasteiger partial charge in [0, 0.05) is 31.7 Å². The normalized spacial score (nSPS) is 26.7. The number of hydrogen-bond donors (Lipinski definition) is 0. The van der Waals surface area contributed by atoms with E-state index in [1.807, 2.05) is 0 Å². The molecule has 16 heavy (non-hydrogen) atoms. The molecule has 0 aromatic carbocycles. The number of nitrogens with zero attached hydrogens (tertiary/aromatic N) is 1. The molecule has 1 saturated heterocycles. The maximum Gasteiger partial charge on any atom is 0.223 e. The molecule has 0 spiro atoms. The number of rotatable bonds is 3. The van der Waals surface area contributed by atoms with Crippen molar-refractivity contribution in [3.05, 3.63) is 0 Å². The third kappa shape index (κ3) is 2.78. The van der Waals surface area contributed by atoms with Crippen molar-refractivity contribution in [2.24, 2.45) is 5.92 Å². The first-order valence-corrected chi connectivity index (χ1v) is 7.08. The number of hydrogen-bond acceptors (Lipinski definition) is 3. The first-order chi connectivity index (χ1) is 7.66. The van der Waals surface area contributed by atoms with Gasteiger partial charge in [-0.2, -0.15) is 0 Å². The van der Waals surface area contributed by atoms with Crippen LogP contribution in [0.25, 0.3) is 0 Å². The van der Waals surface area contributed by atoms with Gasteiger partial charge in [0.1, 0.15) is 0 Å². The summed E-state index contributed by atoms with van der Waals surface area (Å²) >= 11 is 1.36. The van der Waals surface area contributed by atoms with Gasteiger partial charge in [0.25, 0.3) is 0 Å². The zero-order valence-corrected chi connectivity index (χ0v) is 10.6. The Morgan fingerprint density at radius 1 is 1.44 bits per heavy atom. The van der Waals surface area contributed by atoms with E-state index in [-0.39, 0.29) is 5.12 Å². The van der Waals surface area contributed by atoms with Crippen molar-refractivity contribution < 1.29 is 9.59 Å². The van der Waals surface area contributed by atoms with E-state index in [4.69, 9.17) is 0 Å². The van der Waals surface area contributed by atoms with Crippen molar-refractivity contribution in [3.8, 4) is 0 Å². The smallest absolute Gasteiger partial charge is 0.223 e. The van der Waals surface area contributed by atoms with Crippen molar-refractivity contribution in [3.63, 3.8) is 0 Å². The maximum atomic E-state index is 11.8. The van der Waals surface area contributed by atoms with Crippen LogP contribution in [-0.4, -0.2) is 34.3 Å².